The van der Waals surface area contributed by atoms with E-state index in [1.807, 2.05) is 0 Å². The van der Waals surface area contributed by atoms with Crippen LogP contribution < -0.4 is 5.73 Å². The van der Waals surface area contributed by atoms with E-state index >= 15 is 0 Å². The Kier molecular flexibility index (Phi) is 1.35. The molecule has 0 spiro atoms. The molecule has 0 amide bonds. The molecule has 0 aromatic heterocycles. The second-order valence-corrected chi connectivity index (χ2v) is 3.36. The Bertz CT molecular complexity index is 130. The van der Waals surface area contributed by atoms with Crippen molar-refractivity contribution >= 4 is 5.78 Å². The minimum Gasteiger partial charge on any atom is -0.319 e. The Morgan fingerprint density at radius 2 is 2.00 bits per heavy atom. The lowest BCUT2D eigenvalue weighted by Gasteiger charge is -2.15. The van der Waals surface area contributed by atoms with Gasteiger partial charge in [0.1, 0.15) is 0 Å². The fraction of sp³-hybridized carbons (Fsp3) is 0.857. The summed E-state index contributed by atoms with van der Waals surface area (Å²) < 4.78 is 0. The van der Waals surface area contributed by atoms with E-state index < -0.39 is 5.54 Å². The van der Waals surface area contributed by atoms with Crippen molar-refractivity contribution < 1.29 is 4.79 Å². The van der Waals surface area contributed by atoms with Crippen LogP contribution in [-0.2, 0) is 4.79 Å². The average Bonchev–Trinajstić information content (AvgIpc) is 2.40. The van der Waals surface area contributed by atoms with Crippen LogP contribution in [0.3, 0.4) is 0 Å². The van der Waals surface area contributed by atoms with Gasteiger partial charge in [0.05, 0.1) is 5.54 Å². The largest absolute Gasteiger partial charge is 0.319 e. The van der Waals surface area contributed by atoms with Crippen LogP contribution >= 0.6 is 0 Å². The third kappa shape index (κ3) is 1.52. The molecule has 1 saturated carbocycles. The molecule has 0 heterocycles. The number of Topliss-reactive ketones (excluding diaryl/α,β-unsaturated/α-hetero) is 1. The summed E-state index contributed by atoms with van der Waals surface area (Å²) in [6.07, 6.45) is 2.11. The van der Waals surface area contributed by atoms with Crippen molar-refractivity contribution in [2.24, 2.45) is 11.7 Å². The first-order chi connectivity index (χ1) is 4.02. The summed E-state index contributed by atoms with van der Waals surface area (Å²) >= 11 is 0. The molecule has 0 aromatic rings. The van der Waals surface area contributed by atoms with Crippen molar-refractivity contribution in [3.8, 4) is 0 Å². The van der Waals surface area contributed by atoms with Gasteiger partial charge in [-0.1, -0.05) is 0 Å². The van der Waals surface area contributed by atoms with E-state index in [0.717, 1.165) is 12.8 Å². The molecule has 0 bridgehead atoms. The summed E-state index contributed by atoms with van der Waals surface area (Å²) in [6.45, 7) is 3.54. The number of carbonyl (C=O) groups excluding carboxylic acids is 1. The third-order valence-corrected chi connectivity index (χ3v) is 1.58. The molecule has 0 saturated heterocycles. The Hall–Kier alpha value is -0.370. The molecule has 1 fully saturated rings. The molecule has 1 aliphatic rings. The van der Waals surface area contributed by atoms with Crippen LogP contribution in [0.4, 0.5) is 0 Å². The summed E-state index contributed by atoms with van der Waals surface area (Å²) in [5.41, 5.74) is 4.97. The molecule has 9 heavy (non-hydrogen) atoms. The lowest BCUT2D eigenvalue weighted by Crippen LogP contribution is -2.42. The van der Waals surface area contributed by atoms with Crippen molar-refractivity contribution in [3.05, 3.63) is 0 Å². The standard InChI is InChI=1S/C7H13NO/c1-7(2,8)6(9)5-3-4-5/h5H,3-4,8H2,1-2H3. The molecule has 0 aromatic carbocycles. The molecule has 0 radical (unpaired) electrons. The van der Waals surface area contributed by atoms with Crippen LogP contribution in [0.5, 0.6) is 0 Å². The topological polar surface area (TPSA) is 43.1 Å². The van der Waals surface area contributed by atoms with E-state index in [1.54, 1.807) is 13.8 Å². The maximum absolute atomic E-state index is 11.1. The highest BCUT2D eigenvalue weighted by atomic mass is 16.1. The van der Waals surface area contributed by atoms with Crippen molar-refractivity contribution in [1.29, 1.82) is 0 Å². The Morgan fingerprint density at radius 1 is 1.56 bits per heavy atom. The highest BCUT2D eigenvalue weighted by molar-refractivity contribution is 5.91. The number of ketones is 1. The maximum atomic E-state index is 11.1. The van der Waals surface area contributed by atoms with Gasteiger partial charge in [0, 0.05) is 5.92 Å². The van der Waals surface area contributed by atoms with E-state index in [0.29, 0.717) is 5.92 Å². The van der Waals surface area contributed by atoms with Crippen molar-refractivity contribution in [2.45, 2.75) is 32.2 Å². The summed E-state index contributed by atoms with van der Waals surface area (Å²) in [5, 5.41) is 0. The van der Waals surface area contributed by atoms with Crippen LogP contribution in [0, 0.1) is 5.92 Å². The zero-order valence-corrected chi connectivity index (χ0v) is 5.98. The van der Waals surface area contributed by atoms with Gasteiger partial charge in [-0.25, -0.2) is 0 Å². The normalized spacial score (nSPS) is 19.9. The molecule has 0 unspecified atom stereocenters. The molecule has 2 nitrogen and oxygen atoms in total. The van der Waals surface area contributed by atoms with E-state index in [-0.39, 0.29) is 5.78 Å². The summed E-state index contributed by atoms with van der Waals surface area (Å²) in [4.78, 5) is 11.1. The maximum Gasteiger partial charge on any atom is 0.155 e. The van der Waals surface area contributed by atoms with Gasteiger partial charge in [-0.05, 0) is 26.7 Å². The van der Waals surface area contributed by atoms with E-state index in [2.05, 4.69) is 0 Å². The Labute approximate surface area is 55.4 Å². The van der Waals surface area contributed by atoms with E-state index in [9.17, 15) is 4.79 Å². The molecular weight excluding hydrogens is 114 g/mol. The molecule has 0 atom stereocenters. The second kappa shape index (κ2) is 1.81. The highest BCUT2D eigenvalue weighted by Crippen LogP contribution is 2.32. The minimum absolute atomic E-state index is 0.225. The molecule has 0 aliphatic heterocycles. The Balaban J connectivity index is 2.50. The summed E-state index contributed by atoms with van der Waals surface area (Å²) in [6, 6.07) is 0. The van der Waals surface area contributed by atoms with Crippen LogP contribution in [0.15, 0.2) is 0 Å². The molecule has 2 N–H and O–H groups in total. The van der Waals surface area contributed by atoms with Gasteiger partial charge in [0.25, 0.3) is 0 Å². The van der Waals surface area contributed by atoms with Gasteiger partial charge in [-0.2, -0.15) is 0 Å². The molecule has 1 aliphatic carbocycles. The highest BCUT2D eigenvalue weighted by Gasteiger charge is 2.36. The van der Waals surface area contributed by atoms with Gasteiger partial charge in [0.15, 0.2) is 5.78 Å². The smallest absolute Gasteiger partial charge is 0.155 e. The number of rotatable bonds is 2. The molecular formula is C7H13NO. The number of carbonyl (C=O) groups is 1. The summed E-state index contributed by atoms with van der Waals surface area (Å²) in [7, 11) is 0. The van der Waals surface area contributed by atoms with Crippen LogP contribution in [0.25, 0.3) is 0 Å². The first-order valence-corrected chi connectivity index (χ1v) is 3.35. The first-order valence-electron chi connectivity index (χ1n) is 3.35. The lowest BCUT2D eigenvalue weighted by atomic mass is 9.97. The van der Waals surface area contributed by atoms with Crippen molar-refractivity contribution in [2.75, 3.05) is 0 Å². The predicted octanol–water partition coefficient (Wildman–Crippen LogP) is 0.703. The van der Waals surface area contributed by atoms with Gasteiger partial charge < -0.3 is 5.73 Å². The van der Waals surface area contributed by atoms with Crippen LogP contribution in [0.2, 0.25) is 0 Å². The quantitative estimate of drug-likeness (QED) is 0.593. The number of hydrogen-bond acceptors (Lipinski definition) is 2. The monoisotopic (exact) mass is 127 g/mol. The van der Waals surface area contributed by atoms with Crippen LogP contribution in [-0.4, -0.2) is 11.3 Å². The zero-order valence-electron chi connectivity index (χ0n) is 5.98. The van der Waals surface area contributed by atoms with Gasteiger partial charge in [0.2, 0.25) is 0 Å². The summed E-state index contributed by atoms with van der Waals surface area (Å²) in [5.74, 6) is 0.521. The second-order valence-electron chi connectivity index (χ2n) is 3.36. The zero-order chi connectivity index (χ0) is 7.07. The molecule has 52 valence electrons. The van der Waals surface area contributed by atoms with Crippen molar-refractivity contribution in [3.63, 3.8) is 0 Å². The number of hydrogen-bond donors (Lipinski definition) is 1. The first kappa shape index (κ1) is 6.75. The lowest BCUT2D eigenvalue weighted by molar-refractivity contribution is -0.124. The van der Waals surface area contributed by atoms with Crippen LogP contribution in [0.1, 0.15) is 26.7 Å². The van der Waals surface area contributed by atoms with Gasteiger partial charge in [-0.3, -0.25) is 4.79 Å². The Morgan fingerprint density at radius 3 is 2.11 bits per heavy atom. The predicted molar refractivity (Wildman–Crippen MR) is 36.0 cm³/mol. The number of nitrogens with two attached hydrogens (primary N) is 1. The third-order valence-electron chi connectivity index (χ3n) is 1.58. The fourth-order valence-electron chi connectivity index (χ4n) is 0.872. The van der Waals surface area contributed by atoms with E-state index in [1.165, 1.54) is 0 Å². The molecule has 2 heteroatoms. The fourth-order valence-corrected chi connectivity index (χ4v) is 0.872. The van der Waals surface area contributed by atoms with E-state index in [4.69, 9.17) is 5.73 Å². The van der Waals surface area contributed by atoms with Gasteiger partial charge >= 0.3 is 0 Å². The van der Waals surface area contributed by atoms with Gasteiger partial charge in [-0.15, -0.1) is 0 Å². The average molecular weight is 127 g/mol. The molecule has 1 rings (SSSR count). The minimum atomic E-state index is -0.596. The van der Waals surface area contributed by atoms with Crippen molar-refractivity contribution in [1.82, 2.24) is 0 Å². The SMILES string of the molecule is CC(C)(N)C(=O)C1CC1.